The largest absolute Gasteiger partial charge is 0.481 e. The summed E-state index contributed by atoms with van der Waals surface area (Å²) in [5, 5.41) is 8.45. The van der Waals surface area contributed by atoms with Gasteiger partial charge in [-0.25, -0.2) is 13.1 Å². The minimum Gasteiger partial charge on any atom is -0.481 e. The van der Waals surface area contributed by atoms with Gasteiger partial charge in [-0.1, -0.05) is 0 Å². The van der Waals surface area contributed by atoms with Crippen molar-refractivity contribution < 1.29 is 18.3 Å². The molecule has 17 heavy (non-hydrogen) atoms. The smallest absolute Gasteiger partial charge is 0.303 e. The van der Waals surface area contributed by atoms with Crippen molar-refractivity contribution in [2.45, 2.75) is 38.1 Å². The highest BCUT2D eigenvalue weighted by Gasteiger charge is 2.42. The first kappa shape index (κ1) is 14.4. The Bertz CT molecular complexity index is 378. The second-order valence-electron chi connectivity index (χ2n) is 4.81. The number of hydrogen-bond acceptors (Lipinski definition) is 4. The fourth-order valence-electron chi connectivity index (χ4n) is 1.83. The molecule has 0 spiro atoms. The summed E-state index contributed by atoms with van der Waals surface area (Å²) in [7, 11) is -3.45. The molecule has 1 atom stereocenters. The zero-order valence-corrected chi connectivity index (χ0v) is 10.8. The maximum Gasteiger partial charge on any atom is 0.303 e. The summed E-state index contributed by atoms with van der Waals surface area (Å²) in [5.41, 5.74) is 5.03. The van der Waals surface area contributed by atoms with Crippen LogP contribution in [0.3, 0.4) is 0 Å². The molecular weight excluding hydrogens is 244 g/mol. The predicted octanol–water partition coefficient (Wildman–Crippen LogP) is -0.102. The molecular formula is C10H20N2O4S. The number of hydrogen-bond donors (Lipinski definition) is 3. The molecule has 0 aromatic rings. The number of carboxylic acids is 1. The van der Waals surface area contributed by atoms with Crippen molar-refractivity contribution in [3.63, 3.8) is 0 Å². The molecule has 4 N–H and O–H groups in total. The van der Waals surface area contributed by atoms with E-state index in [1.807, 2.05) is 0 Å². The summed E-state index contributed by atoms with van der Waals surface area (Å²) in [5.74, 6) is -0.840. The van der Waals surface area contributed by atoms with E-state index in [4.69, 9.17) is 10.8 Å². The van der Waals surface area contributed by atoms with E-state index >= 15 is 0 Å². The first-order chi connectivity index (χ1) is 7.79. The van der Waals surface area contributed by atoms with Crippen molar-refractivity contribution in [2.24, 2.45) is 11.7 Å². The second-order valence-corrected chi connectivity index (χ2v) is 6.66. The number of nitrogens with two attached hydrogens (primary N) is 1. The average molecular weight is 264 g/mol. The molecule has 1 aliphatic rings. The van der Waals surface area contributed by atoms with E-state index in [1.54, 1.807) is 6.92 Å². The molecule has 0 saturated heterocycles. The lowest BCUT2D eigenvalue weighted by Gasteiger charge is -2.29. The third kappa shape index (κ3) is 4.61. The van der Waals surface area contributed by atoms with Gasteiger partial charge in [0.05, 0.1) is 5.75 Å². The van der Waals surface area contributed by atoms with Crippen LogP contribution in [0.1, 0.15) is 32.6 Å². The Morgan fingerprint density at radius 2 is 2.12 bits per heavy atom. The van der Waals surface area contributed by atoms with E-state index in [0.29, 0.717) is 5.92 Å². The molecule has 1 saturated carbocycles. The predicted molar refractivity (Wildman–Crippen MR) is 64.0 cm³/mol. The Morgan fingerprint density at radius 1 is 1.53 bits per heavy atom. The van der Waals surface area contributed by atoms with Crippen molar-refractivity contribution in [2.75, 3.05) is 12.3 Å². The van der Waals surface area contributed by atoms with Crippen molar-refractivity contribution >= 4 is 16.0 Å². The summed E-state index contributed by atoms with van der Waals surface area (Å²) < 4.78 is 26.1. The third-order valence-corrected chi connectivity index (χ3v) is 4.70. The van der Waals surface area contributed by atoms with Gasteiger partial charge in [-0.15, -0.1) is 0 Å². The fraction of sp³-hybridized carbons (Fsp3) is 0.900. The van der Waals surface area contributed by atoms with Crippen LogP contribution in [0.15, 0.2) is 0 Å². The molecule has 0 amide bonds. The standard InChI is InChI=1S/C10H20N2O4S/c1-10(7-11,8-4-5-8)12-17(15,16)6-2-3-9(13)14/h8,12H,2-7,11H2,1H3,(H,13,14). The highest BCUT2D eigenvalue weighted by molar-refractivity contribution is 7.89. The fourth-order valence-corrected chi connectivity index (χ4v) is 3.42. The summed E-state index contributed by atoms with van der Waals surface area (Å²) >= 11 is 0. The molecule has 1 rings (SSSR count). The molecule has 7 heteroatoms. The van der Waals surface area contributed by atoms with E-state index in [0.717, 1.165) is 12.8 Å². The van der Waals surface area contributed by atoms with E-state index in [9.17, 15) is 13.2 Å². The van der Waals surface area contributed by atoms with Crippen LogP contribution in [0.2, 0.25) is 0 Å². The van der Waals surface area contributed by atoms with E-state index in [1.165, 1.54) is 0 Å². The average Bonchev–Trinajstić information content (AvgIpc) is 2.98. The maximum absolute atomic E-state index is 11.8. The lowest BCUT2D eigenvalue weighted by Crippen LogP contribution is -2.53. The van der Waals surface area contributed by atoms with Crippen LogP contribution in [-0.4, -0.2) is 37.3 Å². The summed E-state index contributed by atoms with van der Waals surface area (Å²) in [6.45, 7) is 2.06. The first-order valence-corrected chi connectivity index (χ1v) is 7.38. The van der Waals surface area contributed by atoms with Crippen LogP contribution in [-0.2, 0) is 14.8 Å². The number of aliphatic carboxylic acids is 1. The normalized spacial score (nSPS) is 19.9. The zero-order valence-electron chi connectivity index (χ0n) is 9.98. The van der Waals surface area contributed by atoms with Crippen LogP contribution in [0.5, 0.6) is 0 Å². The molecule has 1 fully saturated rings. The quantitative estimate of drug-likeness (QED) is 0.567. The first-order valence-electron chi connectivity index (χ1n) is 5.72. The molecule has 1 unspecified atom stereocenters. The van der Waals surface area contributed by atoms with Crippen LogP contribution < -0.4 is 10.5 Å². The Labute approximate surface area is 102 Å². The monoisotopic (exact) mass is 264 g/mol. The molecule has 0 aromatic carbocycles. The molecule has 0 radical (unpaired) electrons. The number of sulfonamides is 1. The van der Waals surface area contributed by atoms with Gasteiger partial charge in [0.25, 0.3) is 0 Å². The summed E-state index contributed by atoms with van der Waals surface area (Å²) in [6.07, 6.45) is 1.97. The molecule has 6 nitrogen and oxygen atoms in total. The molecule has 100 valence electrons. The number of carbonyl (C=O) groups is 1. The van der Waals surface area contributed by atoms with E-state index in [-0.39, 0.29) is 25.1 Å². The highest BCUT2D eigenvalue weighted by Crippen LogP contribution is 2.39. The van der Waals surface area contributed by atoms with Gasteiger partial charge >= 0.3 is 5.97 Å². The second kappa shape index (κ2) is 5.32. The van der Waals surface area contributed by atoms with Gasteiger partial charge in [0.15, 0.2) is 0 Å². The van der Waals surface area contributed by atoms with Gasteiger partial charge in [-0.3, -0.25) is 4.79 Å². The van der Waals surface area contributed by atoms with Gasteiger partial charge in [-0.05, 0) is 32.1 Å². The molecule has 0 aromatic heterocycles. The van der Waals surface area contributed by atoms with E-state index in [2.05, 4.69) is 4.72 Å². The van der Waals surface area contributed by atoms with Crippen LogP contribution in [0.25, 0.3) is 0 Å². The van der Waals surface area contributed by atoms with Crippen molar-refractivity contribution in [3.05, 3.63) is 0 Å². The Kier molecular flexibility index (Phi) is 4.51. The van der Waals surface area contributed by atoms with Gasteiger partial charge in [0.1, 0.15) is 0 Å². The SMILES string of the molecule is CC(CN)(NS(=O)(=O)CCCC(=O)O)C1CC1. The van der Waals surface area contributed by atoms with Gasteiger partial charge in [0, 0.05) is 18.5 Å². The Hall–Kier alpha value is -0.660. The number of carboxylic acid groups (broad SMARTS) is 1. The third-order valence-electron chi connectivity index (χ3n) is 3.09. The van der Waals surface area contributed by atoms with Crippen molar-refractivity contribution in [3.8, 4) is 0 Å². The lowest BCUT2D eigenvalue weighted by molar-refractivity contribution is -0.137. The highest BCUT2D eigenvalue weighted by atomic mass is 32.2. The van der Waals surface area contributed by atoms with Crippen LogP contribution in [0, 0.1) is 5.92 Å². The van der Waals surface area contributed by atoms with Crippen molar-refractivity contribution in [1.82, 2.24) is 4.72 Å². The van der Waals surface area contributed by atoms with Crippen LogP contribution >= 0.6 is 0 Å². The topological polar surface area (TPSA) is 109 Å². The van der Waals surface area contributed by atoms with Gasteiger partial charge < -0.3 is 10.8 Å². The van der Waals surface area contributed by atoms with Crippen LogP contribution in [0.4, 0.5) is 0 Å². The minimum atomic E-state index is -3.45. The summed E-state index contributed by atoms with van der Waals surface area (Å²) in [6, 6.07) is 0. The number of rotatable bonds is 8. The lowest BCUT2D eigenvalue weighted by atomic mass is 9.98. The van der Waals surface area contributed by atoms with Gasteiger partial charge in [-0.2, -0.15) is 0 Å². The minimum absolute atomic E-state index is 0.121. The van der Waals surface area contributed by atoms with Crippen molar-refractivity contribution in [1.29, 1.82) is 0 Å². The molecule has 0 aliphatic heterocycles. The molecule has 0 heterocycles. The maximum atomic E-state index is 11.8. The Morgan fingerprint density at radius 3 is 2.53 bits per heavy atom. The Balaban J connectivity index is 2.50. The van der Waals surface area contributed by atoms with Gasteiger partial charge in [0.2, 0.25) is 10.0 Å². The molecule has 0 bridgehead atoms. The number of nitrogens with one attached hydrogen (secondary N) is 1. The summed E-state index contributed by atoms with van der Waals surface area (Å²) in [4.78, 5) is 10.3. The zero-order chi connectivity index (χ0) is 13.1. The molecule has 1 aliphatic carbocycles. The van der Waals surface area contributed by atoms with E-state index < -0.39 is 21.5 Å².